The number of aliphatic carboxylic acids is 1. The molecular weight excluding hydrogens is 281 g/mol. The van der Waals surface area contributed by atoms with E-state index in [1.165, 1.54) is 0 Å². The third-order valence-corrected chi connectivity index (χ3v) is 2.27. The summed E-state index contributed by atoms with van der Waals surface area (Å²) in [5.74, 6) is -0.791. The number of nitrogens with zero attached hydrogens (tertiary/aromatic N) is 2. The molecular formula is C11H15F3N2O4. The maximum Gasteiger partial charge on any atom is 0.411 e. The molecule has 0 saturated heterocycles. The van der Waals surface area contributed by atoms with Crippen molar-refractivity contribution in [3.05, 3.63) is 11.7 Å². The van der Waals surface area contributed by atoms with Gasteiger partial charge in [-0.05, 0) is 5.41 Å². The van der Waals surface area contributed by atoms with E-state index in [1.807, 2.05) is 0 Å². The van der Waals surface area contributed by atoms with Crippen LogP contribution in [0.3, 0.4) is 0 Å². The summed E-state index contributed by atoms with van der Waals surface area (Å²) in [5, 5.41) is 12.2. The van der Waals surface area contributed by atoms with E-state index in [-0.39, 0.29) is 24.6 Å². The molecule has 0 aromatic carbocycles. The molecule has 0 amide bonds. The largest absolute Gasteiger partial charge is 0.481 e. The lowest BCUT2D eigenvalue weighted by molar-refractivity contribution is -0.177. The third-order valence-electron chi connectivity index (χ3n) is 2.27. The summed E-state index contributed by atoms with van der Waals surface area (Å²) in [6, 6.07) is 0. The van der Waals surface area contributed by atoms with Crippen LogP contribution in [0.5, 0.6) is 0 Å². The molecule has 0 bridgehead atoms. The number of halogens is 3. The lowest BCUT2D eigenvalue weighted by Gasteiger charge is -2.19. The highest BCUT2D eigenvalue weighted by Gasteiger charge is 2.28. The summed E-state index contributed by atoms with van der Waals surface area (Å²) >= 11 is 0. The van der Waals surface area contributed by atoms with Crippen LogP contribution >= 0.6 is 0 Å². The van der Waals surface area contributed by atoms with Crippen LogP contribution in [0.15, 0.2) is 4.52 Å². The molecule has 0 spiro atoms. The van der Waals surface area contributed by atoms with E-state index in [1.54, 1.807) is 13.8 Å². The number of aromatic nitrogens is 2. The topological polar surface area (TPSA) is 85.5 Å². The average Bonchev–Trinajstić information content (AvgIpc) is 2.60. The van der Waals surface area contributed by atoms with E-state index >= 15 is 0 Å². The number of alkyl halides is 3. The van der Waals surface area contributed by atoms with E-state index in [0.717, 1.165) is 0 Å². The number of carboxylic acids is 1. The van der Waals surface area contributed by atoms with Gasteiger partial charge >= 0.3 is 12.1 Å². The quantitative estimate of drug-likeness (QED) is 0.830. The Morgan fingerprint density at radius 2 is 2.05 bits per heavy atom. The summed E-state index contributed by atoms with van der Waals surface area (Å²) in [6.45, 7) is 1.63. The molecule has 0 fully saturated rings. The minimum Gasteiger partial charge on any atom is -0.481 e. The van der Waals surface area contributed by atoms with Crippen molar-refractivity contribution in [1.82, 2.24) is 10.1 Å². The van der Waals surface area contributed by atoms with Crippen LogP contribution in [0.4, 0.5) is 13.2 Å². The summed E-state index contributed by atoms with van der Waals surface area (Å²) < 4.78 is 44.8. The third kappa shape index (κ3) is 6.50. The van der Waals surface area contributed by atoms with E-state index in [0.29, 0.717) is 0 Å². The zero-order valence-corrected chi connectivity index (χ0v) is 11.0. The lowest BCUT2D eigenvalue weighted by Crippen LogP contribution is -2.20. The van der Waals surface area contributed by atoms with Crippen LogP contribution < -0.4 is 0 Å². The van der Waals surface area contributed by atoms with Crippen molar-refractivity contribution in [3.63, 3.8) is 0 Å². The molecule has 1 N–H and O–H groups in total. The number of carbonyl (C=O) groups is 1. The zero-order chi connectivity index (χ0) is 15.4. The summed E-state index contributed by atoms with van der Waals surface area (Å²) in [7, 11) is 0. The molecule has 0 aliphatic rings. The molecule has 0 saturated carbocycles. The molecule has 6 nitrogen and oxygen atoms in total. The zero-order valence-electron chi connectivity index (χ0n) is 11.0. The van der Waals surface area contributed by atoms with Gasteiger partial charge < -0.3 is 14.4 Å². The Balaban J connectivity index is 2.49. The van der Waals surface area contributed by atoms with Crippen LogP contribution in [-0.4, -0.2) is 34.0 Å². The molecule has 1 aromatic heterocycles. The number of carboxylic acid groups (broad SMARTS) is 1. The van der Waals surface area contributed by atoms with Crippen molar-refractivity contribution in [2.45, 2.75) is 39.5 Å². The number of rotatable bonds is 7. The van der Waals surface area contributed by atoms with Crippen LogP contribution in [-0.2, 0) is 22.6 Å². The fourth-order valence-corrected chi connectivity index (χ4v) is 1.56. The van der Waals surface area contributed by atoms with Crippen LogP contribution in [0.2, 0.25) is 0 Å². The van der Waals surface area contributed by atoms with Crippen molar-refractivity contribution >= 4 is 5.97 Å². The number of ether oxygens (including phenoxy) is 1. The monoisotopic (exact) mass is 296 g/mol. The second kappa shape index (κ2) is 6.21. The highest BCUT2D eigenvalue weighted by atomic mass is 19.4. The number of hydrogen-bond acceptors (Lipinski definition) is 5. The second-order valence-corrected chi connectivity index (χ2v) is 5.12. The second-order valence-electron chi connectivity index (χ2n) is 5.12. The van der Waals surface area contributed by atoms with Crippen LogP contribution in [0, 0.1) is 5.41 Å². The minimum atomic E-state index is -4.41. The maximum atomic E-state index is 11.9. The molecule has 1 heterocycles. The summed E-state index contributed by atoms with van der Waals surface area (Å²) in [5.41, 5.74) is -0.595. The van der Waals surface area contributed by atoms with Gasteiger partial charge in [0.05, 0.1) is 6.42 Å². The molecule has 0 aliphatic heterocycles. The van der Waals surface area contributed by atoms with Gasteiger partial charge in [0.25, 0.3) is 0 Å². The molecule has 9 heteroatoms. The first-order valence-corrected chi connectivity index (χ1v) is 5.75. The molecule has 1 aromatic rings. The van der Waals surface area contributed by atoms with Gasteiger partial charge in [0.15, 0.2) is 5.82 Å². The van der Waals surface area contributed by atoms with Crippen molar-refractivity contribution in [2.24, 2.45) is 5.41 Å². The normalized spacial score (nSPS) is 12.7. The van der Waals surface area contributed by atoms with Gasteiger partial charge in [0, 0.05) is 6.42 Å². The van der Waals surface area contributed by atoms with Crippen molar-refractivity contribution < 1.29 is 32.3 Å². The molecule has 0 atom stereocenters. The summed E-state index contributed by atoms with van der Waals surface area (Å²) in [4.78, 5) is 14.5. The first-order valence-electron chi connectivity index (χ1n) is 5.75. The van der Waals surface area contributed by atoms with E-state index in [2.05, 4.69) is 14.9 Å². The first kappa shape index (κ1) is 16.4. The molecule has 20 heavy (non-hydrogen) atoms. The van der Waals surface area contributed by atoms with Gasteiger partial charge in [-0.3, -0.25) is 4.79 Å². The molecule has 0 radical (unpaired) electrons. The Labute approximate surface area is 112 Å². The SMILES string of the molecule is CC(C)(CC(=O)O)Cc1nc(COCC(F)(F)F)no1. The first-order chi connectivity index (χ1) is 9.07. The predicted octanol–water partition coefficient (Wildman–Crippen LogP) is 2.19. The highest BCUT2D eigenvalue weighted by Crippen LogP contribution is 2.25. The van der Waals surface area contributed by atoms with Gasteiger partial charge in [-0.2, -0.15) is 18.2 Å². The van der Waals surface area contributed by atoms with Gasteiger partial charge in [-0.15, -0.1) is 0 Å². The summed E-state index contributed by atoms with van der Waals surface area (Å²) in [6.07, 6.45) is -4.28. The van der Waals surface area contributed by atoms with Crippen LogP contribution in [0.25, 0.3) is 0 Å². The Bertz CT molecular complexity index is 457. The highest BCUT2D eigenvalue weighted by molar-refractivity contribution is 5.67. The Hall–Kier alpha value is -1.64. The fourth-order valence-electron chi connectivity index (χ4n) is 1.56. The molecule has 0 unspecified atom stereocenters. The molecule has 1 rings (SSSR count). The lowest BCUT2D eigenvalue weighted by atomic mass is 9.86. The minimum absolute atomic E-state index is 0.00428. The average molecular weight is 296 g/mol. The number of hydrogen-bond donors (Lipinski definition) is 1. The maximum absolute atomic E-state index is 11.9. The van der Waals surface area contributed by atoms with Crippen molar-refractivity contribution in [3.8, 4) is 0 Å². The molecule has 0 aliphatic carbocycles. The van der Waals surface area contributed by atoms with Crippen molar-refractivity contribution in [1.29, 1.82) is 0 Å². The van der Waals surface area contributed by atoms with Gasteiger partial charge in [-0.25, -0.2) is 0 Å². The predicted molar refractivity (Wildman–Crippen MR) is 59.7 cm³/mol. The standard InChI is InChI=1S/C11H15F3N2O4/c1-10(2,4-9(17)18)3-8-15-7(16-20-8)5-19-6-11(12,13)14/h3-6H2,1-2H3,(H,17,18). The fraction of sp³-hybridized carbons (Fsp3) is 0.727. The van der Waals surface area contributed by atoms with E-state index in [4.69, 9.17) is 9.63 Å². The van der Waals surface area contributed by atoms with Gasteiger partial charge in [0.2, 0.25) is 5.89 Å². The van der Waals surface area contributed by atoms with Gasteiger partial charge in [-0.1, -0.05) is 19.0 Å². The van der Waals surface area contributed by atoms with Crippen LogP contribution in [0.1, 0.15) is 32.0 Å². The van der Waals surface area contributed by atoms with Crippen molar-refractivity contribution in [2.75, 3.05) is 6.61 Å². The van der Waals surface area contributed by atoms with Gasteiger partial charge in [0.1, 0.15) is 13.2 Å². The Morgan fingerprint density at radius 1 is 1.40 bits per heavy atom. The Morgan fingerprint density at radius 3 is 2.60 bits per heavy atom. The van der Waals surface area contributed by atoms with E-state index in [9.17, 15) is 18.0 Å². The smallest absolute Gasteiger partial charge is 0.411 e. The Kier molecular flexibility index (Phi) is 5.09. The molecule has 114 valence electrons. The van der Waals surface area contributed by atoms with E-state index < -0.39 is 30.8 Å².